The van der Waals surface area contributed by atoms with Crippen molar-refractivity contribution < 1.29 is 0 Å². The molecule has 0 aliphatic rings. The van der Waals surface area contributed by atoms with E-state index in [1.165, 1.54) is 6.20 Å². The molecule has 0 amide bonds. The molecular weight excluding hydrogens is 278 g/mol. The lowest BCUT2D eigenvalue weighted by atomic mass is 10.1. The van der Waals surface area contributed by atoms with E-state index in [2.05, 4.69) is 9.97 Å². The van der Waals surface area contributed by atoms with Gasteiger partial charge in [0.05, 0.1) is 27.9 Å². The highest BCUT2D eigenvalue weighted by Crippen LogP contribution is 2.28. The molecule has 0 spiro atoms. The fourth-order valence-corrected chi connectivity index (χ4v) is 2.44. The second-order valence-corrected chi connectivity index (χ2v) is 4.94. The number of aryl methyl sites for hydroxylation is 2. The number of nitrogens with zero attached hydrogens (tertiary/aromatic N) is 4. The number of imidazole rings is 1. The number of halogens is 1. The van der Waals surface area contributed by atoms with Crippen molar-refractivity contribution in [2.24, 2.45) is 14.1 Å². The fourth-order valence-electron chi connectivity index (χ4n) is 2.24. The van der Waals surface area contributed by atoms with Crippen molar-refractivity contribution in [1.82, 2.24) is 19.1 Å². The molecule has 20 heavy (non-hydrogen) atoms. The van der Waals surface area contributed by atoms with Gasteiger partial charge in [0.2, 0.25) is 5.95 Å². The molecule has 1 aromatic carbocycles. The van der Waals surface area contributed by atoms with E-state index in [0.717, 1.165) is 16.6 Å². The highest BCUT2D eigenvalue weighted by Gasteiger charge is 2.12. The lowest BCUT2D eigenvalue weighted by Gasteiger charge is -2.05. The summed E-state index contributed by atoms with van der Waals surface area (Å²) in [5, 5.41) is 0.416. The van der Waals surface area contributed by atoms with Crippen molar-refractivity contribution in [3.63, 3.8) is 0 Å². The summed E-state index contributed by atoms with van der Waals surface area (Å²) in [7, 11) is 3.46. The zero-order valence-electron chi connectivity index (χ0n) is 11.0. The summed E-state index contributed by atoms with van der Waals surface area (Å²) in [6.07, 6.45) is 1.47. The molecule has 0 aliphatic carbocycles. The minimum absolute atomic E-state index is 0.0783. The van der Waals surface area contributed by atoms with Crippen molar-refractivity contribution in [1.29, 1.82) is 0 Å². The zero-order chi connectivity index (χ0) is 14.4. The monoisotopic (exact) mass is 289 g/mol. The third-order valence-corrected chi connectivity index (χ3v) is 3.58. The molecule has 102 valence electrons. The minimum Gasteiger partial charge on any atom is -0.368 e. The Balaban J connectivity index is 2.31. The Kier molecular flexibility index (Phi) is 2.76. The molecule has 0 radical (unpaired) electrons. The molecule has 0 fully saturated rings. The highest BCUT2D eigenvalue weighted by molar-refractivity contribution is 6.33. The maximum Gasteiger partial charge on any atom is 0.328 e. The van der Waals surface area contributed by atoms with Crippen LogP contribution < -0.4 is 11.4 Å². The van der Waals surface area contributed by atoms with Gasteiger partial charge in [-0.3, -0.25) is 9.13 Å². The van der Waals surface area contributed by atoms with Gasteiger partial charge in [0.15, 0.2) is 0 Å². The van der Waals surface area contributed by atoms with Gasteiger partial charge in [0, 0.05) is 19.7 Å². The number of fused-ring (bicyclic) bond motifs is 1. The van der Waals surface area contributed by atoms with Crippen molar-refractivity contribution in [3.8, 4) is 11.3 Å². The average Bonchev–Trinajstić information content (AvgIpc) is 2.66. The van der Waals surface area contributed by atoms with Gasteiger partial charge in [-0.15, -0.1) is 0 Å². The number of rotatable bonds is 1. The second-order valence-electron chi connectivity index (χ2n) is 4.53. The number of nitrogen functional groups attached to an aromatic ring is 1. The Morgan fingerprint density at radius 3 is 2.65 bits per heavy atom. The maximum absolute atomic E-state index is 11.9. The number of anilines is 1. The van der Waals surface area contributed by atoms with Gasteiger partial charge in [-0.1, -0.05) is 17.7 Å². The summed E-state index contributed by atoms with van der Waals surface area (Å²) in [6, 6.07) is 5.58. The van der Waals surface area contributed by atoms with Crippen LogP contribution in [0.1, 0.15) is 0 Å². The number of hydrogen-bond donors (Lipinski definition) is 1. The fraction of sp³-hybridized carbons (Fsp3) is 0.154. The van der Waals surface area contributed by atoms with Crippen molar-refractivity contribution in [3.05, 3.63) is 39.9 Å². The number of hydrogen-bond acceptors (Lipinski definition) is 4. The molecule has 0 unspecified atom stereocenters. The number of aromatic nitrogens is 4. The van der Waals surface area contributed by atoms with Crippen molar-refractivity contribution >= 4 is 28.6 Å². The molecule has 3 aromatic rings. The molecule has 0 atom stereocenters. The van der Waals surface area contributed by atoms with Crippen molar-refractivity contribution in [2.75, 3.05) is 5.73 Å². The topological polar surface area (TPSA) is 78.7 Å². The van der Waals surface area contributed by atoms with Gasteiger partial charge < -0.3 is 5.73 Å². The predicted octanol–water partition coefficient (Wildman–Crippen LogP) is 1.57. The Bertz CT molecular complexity index is 880. The third kappa shape index (κ3) is 1.77. The smallest absolute Gasteiger partial charge is 0.328 e. The summed E-state index contributed by atoms with van der Waals surface area (Å²) in [5.74, 6) is 0.159. The van der Waals surface area contributed by atoms with Crippen LogP contribution in [-0.4, -0.2) is 19.1 Å². The predicted molar refractivity (Wildman–Crippen MR) is 78.6 cm³/mol. The maximum atomic E-state index is 11.9. The van der Waals surface area contributed by atoms with Crippen LogP contribution in [0, 0.1) is 0 Å². The first-order valence-electron chi connectivity index (χ1n) is 5.93. The molecule has 0 aliphatic heterocycles. The van der Waals surface area contributed by atoms with Crippen LogP contribution in [0.25, 0.3) is 22.3 Å². The zero-order valence-corrected chi connectivity index (χ0v) is 11.7. The van der Waals surface area contributed by atoms with Crippen LogP contribution in [-0.2, 0) is 14.1 Å². The highest BCUT2D eigenvalue weighted by atomic mass is 35.5. The van der Waals surface area contributed by atoms with Crippen LogP contribution in [0.3, 0.4) is 0 Å². The van der Waals surface area contributed by atoms with Crippen LogP contribution >= 0.6 is 11.6 Å². The first-order valence-corrected chi connectivity index (χ1v) is 6.30. The molecule has 0 saturated heterocycles. The van der Waals surface area contributed by atoms with E-state index in [0.29, 0.717) is 10.7 Å². The van der Waals surface area contributed by atoms with E-state index >= 15 is 0 Å². The van der Waals surface area contributed by atoms with E-state index in [-0.39, 0.29) is 11.6 Å². The van der Waals surface area contributed by atoms with Gasteiger partial charge in [-0.2, -0.15) is 0 Å². The lowest BCUT2D eigenvalue weighted by Crippen LogP contribution is -2.19. The molecule has 0 bridgehead atoms. The minimum atomic E-state index is -0.0783. The standard InChI is InChI=1S/C13H12ClN5O/c1-18-9-4-3-7(5-10(9)19(2)13(18)20)11-8(14)6-16-12(15)17-11/h3-6H,1-2H3,(H2,15,16,17). The first-order chi connectivity index (χ1) is 9.49. The Labute approximate surface area is 119 Å². The quantitative estimate of drug-likeness (QED) is 0.737. The van der Waals surface area contributed by atoms with Crippen molar-refractivity contribution in [2.45, 2.75) is 0 Å². The molecule has 2 aromatic heterocycles. The molecule has 2 heterocycles. The molecular formula is C13H12ClN5O. The van der Waals surface area contributed by atoms with E-state index in [4.69, 9.17) is 17.3 Å². The summed E-state index contributed by atoms with van der Waals surface area (Å²) in [6.45, 7) is 0. The molecule has 3 rings (SSSR count). The van der Waals surface area contributed by atoms with Gasteiger partial charge in [0.25, 0.3) is 0 Å². The van der Waals surface area contributed by atoms with Crippen LogP contribution in [0.15, 0.2) is 29.2 Å². The number of nitrogens with two attached hydrogens (primary N) is 1. The van der Waals surface area contributed by atoms with Gasteiger partial charge in [0.1, 0.15) is 0 Å². The van der Waals surface area contributed by atoms with Crippen LogP contribution in [0.2, 0.25) is 5.02 Å². The summed E-state index contributed by atoms with van der Waals surface area (Å²) in [5.41, 5.74) is 8.52. The Hall–Kier alpha value is -2.34. The lowest BCUT2D eigenvalue weighted by molar-refractivity contribution is 0.795. The summed E-state index contributed by atoms with van der Waals surface area (Å²) < 4.78 is 3.17. The van der Waals surface area contributed by atoms with Gasteiger partial charge >= 0.3 is 5.69 Å². The van der Waals surface area contributed by atoms with E-state index in [9.17, 15) is 4.79 Å². The summed E-state index contributed by atoms with van der Waals surface area (Å²) in [4.78, 5) is 19.9. The number of benzene rings is 1. The molecule has 6 nitrogen and oxygen atoms in total. The van der Waals surface area contributed by atoms with Crippen LogP contribution in [0.5, 0.6) is 0 Å². The third-order valence-electron chi connectivity index (χ3n) is 3.31. The van der Waals surface area contributed by atoms with E-state index < -0.39 is 0 Å². The molecule has 7 heteroatoms. The average molecular weight is 290 g/mol. The molecule has 2 N–H and O–H groups in total. The summed E-state index contributed by atoms with van der Waals surface area (Å²) >= 11 is 6.10. The van der Waals surface area contributed by atoms with E-state index in [1.807, 2.05) is 18.2 Å². The molecule has 0 saturated carbocycles. The van der Waals surface area contributed by atoms with Crippen LogP contribution in [0.4, 0.5) is 5.95 Å². The largest absolute Gasteiger partial charge is 0.368 e. The first kappa shape index (κ1) is 12.7. The SMILES string of the molecule is Cn1c(=O)n(C)c2cc(-c3nc(N)ncc3Cl)ccc21. The normalized spacial score (nSPS) is 11.2. The van der Waals surface area contributed by atoms with Gasteiger partial charge in [-0.25, -0.2) is 14.8 Å². The Morgan fingerprint density at radius 1 is 1.20 bits per heavy atom. The Morgan fingerprint density at radius 2 is 1.90 bits per heavy atom. The van der Waals surface area contributed by atoms with Gasteiger partial charge in [-0.05, 0) is 12.1 Å². The second kappa shape index (κ2) is 4.35. The van der Waals surface area contributed by atoms with E-state index in [1.54, 1.807) is 23.2 Å².